The molecule has 0 fully saturated rings. The van der Waals surface area contributed by atoms with E-state index < -0.39 is 0 Å². The van der Waals surface area contributed by atoms with Gasteiger partial charge >= 0.3 is 0 Å². The van der Waals surface area contributed by atoms with E-state index in [4.69, 9.17) is 15.2 Å². The second kappa shape index (κ2) is 8.29. The first-order chi connectivity index (χ1) is 12.7. The molecular formula is C20H24N4O2. The Bertz CT molecular complexity index is 869. The summed E-state index contributed by atoms with van der Waals surface area (Å²) in [6, 6.07) is 16.1. The second-order valence-electron chi connectivity index (χ2n) is 5.95. The number of para-hydroxylation sites is 1. The van der Waals surface area contributed by atoms with Crippen LogP contribution in [0, 0.1) is 0 Å². The van der Waals surface area contributed by atoms with Gasteiger partial charge in [0.15, 0.2) is 17.5 Å². The fourth-order valence-electron chi connectivity index (χ4n) is 2.80. The predicted octanol–water partition coefficient (Wildman–Crippen LogP) is 2.83. The summed E-state index contributed by atoms with van der Waals surface area (Å²) in [5.74, 6) is 1.81. The van der Waals surface area contributed by atoms with Gasteiger partial charge in [0.05, 0.1) is 20.8 Å². The third kappa shape index (κ3) is 4.27. The number of guanidine groups is 1. The van der Waals surface area contributed by atoms with Crippen molar-refractivity contribution in [2.75, 3.05) is 20.8 Å². The summed E-state index contributed by atoms with van der Waals surface area (Å²) in [6.07, 6.45) is 0.848. The van der Waals surface area contributed by atoms with Gasteiger partial charge in [0.1, 0.15) is 0 Å². The minimum atomic E-state index is 0.427. The zero-order valence-electron chi connectivity index (χ0n) is 15.1. The number of nitrogens with two attached hydrogens (primary N) is 1. The summed E-state index contributed by atoms with van der Waals surface area (Å²) < 4.78 is 10.5. The molecule has 0 radical (unpaired) electrons. The third-order valence-corrected chi connectivity index (χ3v) is 4.17. The van der Waals surface area contributed by atoms with Crippen molar-refractivity contribution in [2.24, 2.45) is 10.7 Å². The quantitative estimate of drug-likeness (QED) is 0.451. The molecule has 2 aromatic carbocycles. The minimum absolute atomic E-state index is 0.427. The molecule has 6 nitrogen and oxygen atoms in total. The van der Waals surface area contributed by atoms with Gasteiger partial charge in [-0.3, -0.25) is 0 Å². The van der Waals surface area contributed by atoms with Gasteiger partial charge in [0, 0.05) is 24.2 Å². The Morgan fingerprint density at radius 2 is 1.88 bits per heavy atom. The van der Waals surface area contributed by atoms with E-state index in [9.17, 15) is 0 Å². The number of methoxy groups -OCH3 is 2. The molecule has 26 heavy (non-hydrogen) atoms. The van der Waals surface area contributed by atoms with E-state index in [1.807, 2.05) is 30.3 Å². The minimum Gasteiger partial charge on any atom is -0.493 e. The highest BCUT2D eigenvalue weighted by molar-refractivity contribution is 5.80. The first kappa shape index (κ1) is 17.7. The molecule has 6 heteroatoms. The molecule has 0 aliphatic carbocycles. The SMILES string of the molecule is COc1ccc(CN=C(N)NCCc2cc3ccccc3[nH]2)cc1OC. The third-order valence-electron chi connectivity index (χ3n) is 4.17. The van der Waals surface area contributed by atoms with Gasteiger partial charge in [-0.25, -0.2) is 4.99 Å². The van der Waals surface area contributed by atoms with E-state index in [2.05, 4.69) is 33.5 Å². The molecule has 3 rings (SSSR count). The molecule has 0 aliphatic rings. The lowest BCUT2D eigenvalue weighted by atomic mass is 10.2. The Hall–Kier alpha value is -3.15. The summed E-state index contributed by atoms with van der Waals surface area (Å²) in [5.41, 5.74) is 9.29. The molecule has 0 amide bonds. The molecule has 4 N–H and O–H groups in total. The first-order valence-electron chi connectivity index (χ1n) is 8.51. The monoisotopic (exact) mass is 352 g/mol. The summed E-state index contributed by atoms with van der Waals surface area (Å²) >= 11 is 0. The Labute approximate surface area is 153 Å². The number of hydrogen-bond acceptors (Lipinski definition) is 3. The van der Waals surface area contributed by atoms with Crippen LogP contribution in [0.2, 0.25) is 0 Å². The molecule has 0 saturated heterocycles. The van der Waals surface area contributed by atoms with Crippen molar-refractivity contribution in [3.05, 3.63) is 59.8 Å². The Morgan fingerprint density at radius 3 is 2.65 bits per heavy atom. The van der Waals surface area contributed by atoms with E-state index in [1.54, 1.807) is 14.2 Å². The van der Waals surface area contributed by atoms with E-state index in [-0.39, 0.29) is 0 Å². The van der Waals surface area contributed by atoms with Crippen molar-refractivity contribution in [1.29, 1.82) is 0 Å². The summed E-state index contributed by atoms with van der Waals surface area (Å²) in [5, 5.41) is 4.37. The zero-order chi connectivity index (χ0) is 18.4. The number of ether oxygens (including phenoxy) is 2. The number of aliphatic imine (C=N–C) groups is 1. The molecule has 0 aliphatic heterocycles. The molecule has 136 valence electrons. The molecule has 0 unspecified atom stereocenters. The predicted molar refractivity (Wildman–Crippen MR) is 105 cm³/mol. The summed E-state index contributed by atoms with van der Waals surface area (Å²) in [4.78, 5) is 7.78. The average Bonchev–Trinajstić information content (AvgIpc) is 3.08. The van der Waals surface area contributed by atoms with Crippen LogP contribution >= 0.6 is 0 Å². The number of rotatable bonds is 7. The Balaban J connectivity index is 1.52. The fourth-order valence-corrected chi connectivity index (χ4v) is 2.80. The molecular weight excluding hydrogens is 328 g/mol. The maximum Gasteiger partial charge on any atom is 0.188 e. The second-order valence-corrected chi connectivity index (χ2v) is 5.95. The van der Waals surface area contributed by atoms with E-state index in [0.717, 1.165) is 17.5 Å². The van der Waals surface area contributed by atoms with Crippen LogP contribution in [0.3, 0.4) is 0 Å². The van der Waals surface area contributed by atoms with Gasteiger partial charge in [-0.05, 0) is 35.2 Å². The van der Waals surface area contributed by atoms with E-state index >= 15 is 0 Å². The lowest BCUT2D eigenvalue weighted by Gasteiger charge is -2.09. The van der Waals surface area contributed by atoms with Crippen LogP contribution in [0.15, 0.2) is 53.5 Å². The topological polar surface area (TPSA) is 84.7 Å². The molecule has 0 bridgehead atoms. The van der Waals surface area contributed by atoms with Crippen molar-refractivity contribution < 1.29 is 9.47 Å². The van der Waals surface area contributed by atoms with Crippen molar-refractivity contribution in [2.45, 2.75) is 13.0 Å². The Morgan fingerprint density at radius 1 is 1.08 bits per heavy atom. The van der Waals surface area contributed by atoms with Crippen LogP contribution in [0.1, 0.15) is 11.3 Å². The number of nitrogens with one attached hydrogen (secondary N) is 2. The fraction of sp³-hybridized carbons (Fsp3) is 0.250. The maximum absolute atomic E-state index is 5.96. The van der Waals surface area contributed by atoms with E-state index in [0.29, 0.717) is 30.5 Å². The number of nitrogens with zero attached hydrogens (tertiary/aromatic N) is 1. The number of hydrogen-bond donors (Lipinski definition) is 3. The highest BCUT2D eigenvalue weighted by atomic mass is 16.5. The lowest BCUT2D eigenvalue weighted by Crippen LogP contribution is -2.33. The van der Waals surface area contributed by atoms with Crippen molar-refractivity contribution in [3.63, 3.8) is 0 Å². The van der Waals surface area contributed by atoms with Gasteiger partial charge < -0.3 is 25.5 Å². The highest BCUT2D eigenvalue weighted by Gasteiger charge is 2.04. The number of aromatic amines is 1. The summed E-state index contributed by atoms with van der Waals surface area (Å²) in [7, 11) is 3.23. The number of aromatic nitrogens is 1. The van der Waals surface area contributed by atoms with Crippen LogP contribution in [0.5, 0.6) is 11.5 Å². The normalized spacial score (nSPS) is 11.5. The van der Waals surface area contributed by atoms with Crippen LogP contribution in [0.4, 0.5) is 0 Å². The molecule has 1 heterocycles. The highest BCUT2D eigenvalue weighted by Crippen LogP contribution is 2.27. The van der Waals surface area contributed by atoms with Gasteiger partial charge in [0.2, 0.25) is 0 Å². The van der Waals surface area contributed by atoms with Crippen LogP contribution < -0.4 is 20.5 Å². The van der Waals surface area contributed by atoms with Crippen LogP contribution in [0.25, 0.3) is 10.9 Å². The summed E-state index contributed by atoms with van der Waals surface area (Å²) in [6.45, 7) is 1.19. The smallest absolute Gasteiger partial charge is 0.188 e. The van der Waals surface area contributed by atoms with Crippen LogP contribution in [-0.4, -0.2) is 31.7 Å². The molecule has 0 atom stereocenters. The Kier molecular flexibility index (Phi) is 5.63. The van der Waals surface area contributed by atoms with Crippen molar-refractivity contribution in [1.82, 2.24) is 10.3 Å². The van der Waals surface area contributed by atoms with Gasteiger partial charge in [-0.15, -0.1) is 0 Å². The van der Waals surface area contributed by atoms with E-state index in [1.165, 1.54) is 11.1 Å². The lowest BCUT2D eigenvalue weighted by molar-refractivity contribution is 0.354. The molecule has 3 aromatic rings. The van der Waals surface area contributed by atoms with Gasteiger partial charge in [-0.1, -0.05) is 24.3 Å². The number of benzene rings is 2. The average molecular weight is 352 g/mol. The first-order valence-corrected chi connectivity index (χ1v) is 8.51. The standard InChI is InChI=1S/C20H24N4O2/c1-25-18-8-7-14(11-19(18)26-2)13-23-20(21)22-10-9-16-12-15-5-3-4-6-17(15)24-16/h3-8,11-12,24H,9-10,13H2,1-2H3,(H3,21,22,23). The maximum atomic E-state index is 5.96. The number of H-pyrrole nitrogens is 1. The molecule has 0 spiro atoms. The zero-order valence-corrected chi connectivity index (χ0v) is 15.1. The number of fused-ring (bicyclic) bond motifs is 1. The van der Waals surface area contributed by atoms with Crippen molar-refractivity contribution in [3.8, 4) is 11.5 Å². The van der Waals surface area contributed by atoms with Gasteiger partial charge in [-0.2, -0.15) is 0 Å². The largest absolute Gasteiger partial charge is 0.493 e. The van der Waals surface area contributed by atoms with Crippen LogP contribution in [-0.2, 0) is 13.0 Å². The molecule has 1 aromatic heterocycles. The van der Waals surface area contributed by atoms with Crippen molar-refractivity contribution >= 4 is 16.9 Å². The van der Waals surface area contributed by atoms with Gasteiger partial charge in [0.25, 0.3) is 0 Å². The molecule has 0 saturated carbocycles.